The molecule has 0 unspecified atom stereocenters. The molecule has 0 radical (unpaired) electrons. The quantitative estimate of drug-likeness (QED) is 0.340. The normalized spacial score (nSPS) is 10.8. The van der Waals surface area contributed by atoms with Crippen LogP contribution in [-0.4, -0.2) is 33.2 Å². The van der Waals surface area contributed by atoms with Crippen LogP contribution in [0.25, 0.3) is 10.9 Å². The van der Waals surface area contributed by atoms with E-state index in [0.29, 0.717) is 33.6 Å². The summed E-state index contributed by atoms with van der Waals surface area (Å²) in [7, 11) is 0. The Morgan fingerprint density at radius 1 is 1.03 bits per heavy atom. The predicted octanol–water partition coefficient (Wildman–Crippen LogP) is 4.58. The Balaban J connectivity index is 1.37. The van der Waals surface area contributed by atoms with Crippen molar-refractivity contribution in [3.05, 3.63) is 88.2 Å². The highest BCUT2D eigenvalue weighted by Gasteiger charge is 2.13. The van der Waals surface area contributed by atoms with Gasteiger partial charge in [-0.2, -0.15) is 5.10 Å². The molecule has 0 spiro atoms. The number of anilines is 1. The lowest BCUT2D eigenvalue weighted by Gasteiger charge is -2.10. The first kappa shape index (κ1) is 20.8. The molecular formula is C22H16Cl2N4O3. The van der Waals surface area contributed by atoms with E-state index in [2.05, 4.69) is 15.4 Å². The van der Waals surface area contributed by atoms with Crippen molar-refractivity contribution >= 4 is 51.8 Å². The molecule has 4 aromatic rings. The molecule has 9 heteroatoms. The van der Waals surface area contributed by atoms with E-state index in [1.807, 2.05) is 18.2 Å². The first-order chi connectivity index (χ1) is 15.0. The molecule has 0 bridgehead atoms. The van der Waals surface area contributed by atoms with Crippen LogP contribution in [-0.2, 0) is 16.1 Å². The number of ether oxygens (including phenoxy) is 1. The zero-order valence-electron chi connectivity index (χ0n) is 16.1. The Hall–Kier alpha value is -3.42. The number of nitrogens with zero attached hydrogens (tertiary/aromatic N) is 3. The Morgan fingerprint density at radius 3 is 2.71 bits per heavy atom. The first-order valence-corrected chi connectivity index (χ1v) is 10.0. The minimum atomic E-state index is -0.614. The van der Waals surface area contributed by atoms with Crippen LogP contribution in [0.1, 0.15) is 15.9 Å². The number of carbonyl (C=O) groups is 2. The fourth-order valence-corrected chi connectivity index (χ4v) is 3.32. The molecule has 7 nitrogen and oxygen atoms in total. The summed E-state index contributed by atoms with van der Waals surface area (Å²) in [4.78, 5) is 28.8. The van der Waals surface area contributed by atoms with Crippen molar-refractivity contribution < 1.29 is 14.3 Å². The van der Waals surface area contributed by atoms with Crippen LogP contribution < -0.4 is 5.32 Å². The minimum Gasteiger partial charge on any atom is -0.452 e. The van der Waals surface area contributed by atoms with Gasteiger partial charge in [-0.1, -0.05) is 41.4 Å². The van der Waals surface area contributed by atoms with Gasteiger partial charge >= 0.3 is 5.97 Å². The maximum Gasteiger partial charge on any atom is 0.338 e. The molecule has 0 saturated heterocycles. The molecule has 0 fully saturated rings. The molecule has 0 atom stereocenters. The molecule has 0 aliphatic heterocycles. The molecule has 0 aliphatic carbocycles. The fourth-order valence-electron chi connectivity index (χ4n) is 2.97. The summed E-state index contributed by atoms with van der Waals surface area (Å²) in [5.74, 6) is -0.630. The third-order valence-electron chi connectivity index (χ3n) is 4.49. The Labute approximate surface area is 187 Å². The fraction of sp³-hybridized carbons (Fsp3) is 0.0909. The zero-order valence-corrected chi connectivity index (χ0v) is 17.6. The summed E-state index contributed by atoms with van der Waals surface area (Å²) >= 11 is 12.1. The molecule has 4 rings (SSSR count). The van der Waals surface area contributed by atoms with E-state index < -0.39 is 18.5 Å². The smallest absolute Gasteiger partial charge is 0.338 e. The molecule has 1 N–H and O–H groups in total. The zero-order chi connectivity index (χ0) is 21.8. The van der Waals surface area contributed by atoms with Gasteiger partial charge in [-0.15, -0.1) is 0 Å². The third kappa shape index (κ3) is 5.02. The first-order valence-electron chi connectivity index (χ1n) is 9.28. The summed E-state index contributed by atoms with van der Waals surface area (Å²) < 4.78 is 6.74. The lowest BCUT2D eigenvalue weighted by Crippen LogP contribution is -2.22. The van der Waals surface area contributed by atoms with Crippen LogP contribution >= 0.6 is 23.2 Å². The van der Waals surface area contributed by atoms with Crippen LogP contribution in [0.4, 0.5) is 5.82 Å². The van der Waals surface area contributed by atoms with Crippen molar-refractivity contribution in [2.75, 3.05) is 11.9 Å². The highest BCUT2D eigenvalue weighted by atomic mass is 35.5. The van der Waals surface area contributed by atoms with E-state index in [1.54, 1.807) is 53.3 Å². The van der Waals surface area contributed by atoms with Gasteiger partial charge in [0, 0.05) is 16.5 Å². The number of nitrogens with one attached hydrogen (secondary N) is 1. The average molecular weight is 455 g/mol. The lowest BCUT2D eigenvalue weighted by atomic mass is 10.1. The highest BCUT2D eigenvalue weighted by molar-refractivity contribution is 6.31. The number of fused-ring (bicyclic) bond motifs is 1. The number of hydrogen-bond donors (Lipinski definition) is 1. The van der Waals surface area contributed by atoms with E-state index >= 15 is 0 Å². The molecule has 31 heavy (non-hydrogen) atoms. The van der Waals surface area contributed by atoms with E-state index in [4.69, 9.17) is 27.9 Å². The van der Waals surface area contributed by atoms with Crippen LogP contribution in [0.3, 0.4) is 0 Å². The number of hydrogen-bond acceptors (Lipinski definition) is 5. The van der Waals surface area contributed by atoms with Gasteiger partial charge in [0.05, 0.1) is 23.8 Å². The monoisotopic (exact) mass is 454 g/mol. The third-order valence-corrected chi connectivity index (χ3v) is 5.07. The van der Waals surface area contributed by atoms with Gasteiger partial charge in [-0.3, -0.25) is 4.79 Å². The van der Waals surface area contributed by atoms with Crippen molar-refractivity contribution in [1.29, 1.82) is 0 Å². The van der Waals surface area contributed by atoms with Crippen LogP contribution in [0, 0.1) is 0 Å². The Morgan fingerprint density at radius 2 is 1.87 bits per heavy atom. The lowest BCUT2D eigenvalue weighted by molar-refractivity contribution is -0.119. The van der Waals surface area contributed by atoms with Crippen molar-refractivity contribution in [3.8, 4) is 0 Å². The summed E-state index contributed by atoms with van der Waals surface area (Å²) in [6, 6.07) is 17.3. The molecule has 2 heterocycles. The molecule has 0 aliphatic rings. The van der Waals surface area contributed by atoms with Gasteiger partial charge in [0.25, 0.3) is 5.91 Å². The van der Waals surface area contributed by atoms with Crippen LogP contribution in [0.5, 0.6) is 0 Å². The van der Waals surface area contributed by atoms with Gasteiger partial charge in [-0.05, 0) is 42.0 Å². The van der Waals surface area contributed by atoms with E-state index in [1.165, 1.54) is 0 Å². The maximum atomic E-state index is 12.3. The maximum absolute atomic E-state index is 12.3. The second kappa shape index (κ2) is 9.16. The summed E-state index contributed by atoms with van der Waals surface area (Å²) in [5, 5.41) is 8.61. The summed E-state index contributed by atoms with van der Waals surface area (Å²) in [5.41, 5.74) is 1.84. The number of esters is 1. The Kier molecular flexibility index (Phi) is 6.16. The van der Waals surface area contributed by atoms with E-state index in [-0.39, 0.29) is 0 Å². The topological polar surface area (TPSA) is 86.1 Å². The van der Waals surface area contributed by atoms with Gasteiger partial charge < -0.3 is 10.1 Å². The van der Waals surface area contributed by atoms with Gasteiger partial charge in [0.15, 0.2) is 6.61 Å². The predicted molar refractivity (Wildman–Crippen MR) is 118 cm³/mol. The number of amides is 1. The molecule has 1 amide bonds. The summed E-state index contributed by atoms with van der Waals surface area (Å²) in [6.07, 6.45) is 1.56. The number of halogens is 2. The average Bonchev–Trinajstić information content (AvgIpc) is 3.19. The Bertz CT molecular complexity index is 1270. The van der Waals surface area contributed by atoms with Gasteiger partial charge in [0.2, 0.25) is 0 Å². The second-order valence-corrected chi connectivity index (χ2v) is 7.43. The van der Waals surface area contributed by atoms with Crippen LogP contribution in [0.2, 0.25) is 10.2 Å². The number of benzene rings is 2. The van der Waals surface area contributed by atoms with Crippen molar-refractivity contribution in [2.45, 2.75) is 6.54 Å². The SMILES string of the molecule is O=C(COC(=O)c1ccc2nc(Cl)ccc2c1)Nc1ccnn1Cc1ccccc1Cl. The standard InChI is InChI=1S/C22H16Cl2N4O3/c23-17-4-2-1-3-16(17)12-28-20(9-10-25-28)27-21(29)13-31-22(30)15-5-7-18-14(11-15)6-8-19(24)26-18/h1-11H,12-13H2,(H,27,29). The van der Waals surface area contributed by atoms with E-state index in [0.717, 1.165) is 10.9 Å². The largest absolute Gasteiger partial charge is 0.452 e. The number of aromatic nitrogens is 3. The van der Waals surface area contributed by atoms with E-state index in [9.17, 15) is 9.59 Å². The van der Waals surface area contributed by atoms with Crippen LogP contribution in [0.15, 0.2) is 66.9 Å². The second-order valence-electron chi connectivity index (χ2n) is 6.63. The molecule has 2 aromatic heterocycles. The van der Waals surface area contributed by atoms with Crippen molar-refractivity contribution in [2.24, 2.45) is 0 Å². The molecule has 0 saturated carbocycles. The number of rotatable bonds is 6. The van der Waals surface area contributed by atoms with Crippen molar-refractivity contribution in [3.63, 3.8) is 0 Å². The van der Waals surface area contributed by atoms with Gasteiger partial charge in [-0.25, -0.2) is 14.5 Å². The number of pyridine rings is 1. The number of carbonyl (C=O) groups excluding carboxylic acids is 2. The molecule has 156 valence electrons. The molecule has 2 aromatic carbocycles. The minimum absolute atomic E-state index is 0.313. The summed E-state index contributed by atoms with van der Waals surface area (Å²) in [6.45, 7) is -0.0514. The van der Waals surface area contributed by atoms with Gasteiger partial charge in [0.1, 0.15) is 11.0 Å². The highest BCUT2D eigenvalue weighted by Crippen LogP contribution is 2.19. The molecular weight excluding hydrogens is 439 g/mol. The van der Waals surface area contributed by atoms with Crippen molar-refractivity contribution in [1.82, 2.24) is 14.8 Å².